The third kappa shape index (κ3) is 5.05. The molecule has 0 amide bonds. The van der Waals surface area contributed by atoms with Crippen molar-refractivity contribution in [2.24, 2.45) is 0 Å². The summed E-state index contributed by atoms with van der Waals surface area (Å²) in [5.41, 5.74) is 6.63. The van der Waals surface area contributed by atoms with E-state index in [-0.39, 0.29) is 10.6 Å². The quantitative estimate of drug-likeness (QED) is 0.106. The van der Waals surface area contributed by atoms with E-state index in [4.69, 9.17) is 0 Å². The van der Waals surface area contributed by atoms with E-state index in [0.717, 1.165) is 39.1 Å². The molecule has 0 atom stereocenters. The number of nitrogens with zero attached hydrogens (tertiary/aromatic N) is 1. The Morgan fingerprint density at radius 1 is 0.477 bits per heavy atom. The number of nitro groups is 1. The highest BCUT2D eigenvalue weighted by Gasteiger charge is 2.39. The Hall–Kier alpha value is -5.48. The third-order valence-corrected chi connectivity index (χ3v) is 8.91. The maximum Gasteiger partial charge on any atom is 0.292 e. The van der Waals surface area contributed by atoms with E-state index in [9.17, 15) is 10.1 Å². The Balaban J connectivity index is 1.73. The molecular weight excluding hydrogens is 540 g/mol. The lowest BCUT2D eigenvalue weighted by molar-refractivity contribution is -0.383. The first-order valence-corrected chi connectivity index (χ1v) is 14.8. The molecule has 44 heavy (non-hydrogen) atoms. The molecule has 6 rings (SSSR count). The van der Waals surface area contributed by atoms with Gasteiger partial charge in [-0.3, -0.25) is 10.1 Å². The highest BCUT2D eigenvalue weighted by atomic mass is 16.6. The lowest BCUT2D eigenvalue weighted by Gasteiger charge is -2.39. The summed E-state index contributed by atoms with van der Waals surface area (Å²) >= 11 is 0. The summed E-state index contributed by atoms with van der Waals surface area (Å²) in [5.74, 6) is 0. The maximum absolute atomic E-state index is 12.2. The second-order valence-corrected chi connectivity index (χ2v) is 11.3. The van der Waals surface area contributed by atoms with E-state index in [0.29, 0.717) is 5.69 Å². The number of para-hydroxylation sites is 3. The number of nitrogens with one attached hydrogen (secondary N) is 1. The SMILES string of the molecule is CC(c1ccccc1)(c1ccccc1)c1cccc(C(C)(c2ccccc2)c2ccccc2)c1Nc1ccccc1[N+](=O)[O-]. The molecule has 6 aromatic rings. The minimum atomic E-state index is -0.599. The van der Waals surface area contributed by atoms with Crippen LogP contribution in [0.15, 0.2) is 164 Å². The fourth-order valence-electron chi connectivity index (χ4n) is 6.43. The molecule has 0 aromatic heterocycles. The zero-order valence-corrected chi connectivity index (χ0v) is 24.9. The van der Waals surface area contributed by atoms with E-state index in [1.165, 1.54) is 0 Å². The summed E-state index contributed by atoms with van der Waals surface area (Å²) in [6.45, 7) is 4.48. The summed E-state index contributed by atoms with van der Waals surface area (Å²) in [7, 11) is 0. The average Bonchev–Trinajstić information content (AvgIpc) is 3.09. The van der Waals surface area contributed by atoms with Gasteiger partial charge in [-0.1, -0.05) is 152 Å². The molecule has 1 N–H and O–H groups in total. The van der Waals surface area contributed by atoms with Crippen LogP contribution in [0.4, 0.5) is 17.1 Å². The van der Waals surface area contributed by atoms with Gasteiger partial charge in [-0.25, -0.2) is 0 Å². The highest BCUT2D eigenvalue weighted by Crippen LogP contribution is 2.50. The number of anilines is 2. The molecule has 4 nitrogen and oxygen atoms in total. The van der Waals surface area contributed by atoms with E-state index in [1.807, 2.05) is 30.3 Å². The minimum Gasteiger partial charge on any atom is -0.349 e. The Bertz CT molecular complexity index is 1690. The smallest absolute Gasteiger partial charge is 0.292 e. The third-order valence-electron chi connectivity index (χ3n) is 8.91. The van der Waals surface area contributed by atoms with Crippen LogP contribution in [0.3, 0.4) is 0 Å². The lowest BCUT2D eigenvalue weighted by atomic mass is 9.66. The fourth-order valence-corrected chi connectivity index (χ4v) is 6.43. The highest BCUT2D eigenvalue weighted by molar-refractivity contribution is 5.78. The molecule has 0 heterocycles. The summed E-state index contributed by atoms with van der Waals surface area (Å²) in [6.07, 6.45) is 0. The van der Waals surface area contributed by atoms with Crippen molar-refractivity contribution in [2.75, 3.05) is 5.32 Å². The van der Waals surface area contributed by atoms with Crippen LogP contribution < -0.4 is 5.32 Å². The number of benzene rings is 6. The second kappa shape index (κ2) is 12.0. The Kier molecular flexibility index (Phi) is 7.82. The molecular formula is C40H34N2O2. The van der Waals surface area contributed by atoms with Gasteiger partial charge in [-0.2, -0.15) is 0 Å². The molecule has 0 aliphatic carbocycles. The summed E-state index contributed by atoms with van der Waals surface area (Å²) in [4.78, 5) is 11.9. The van der Waals surface area contributed by atoms with E-state index >= 15 is 0 Å². The molecule has 0 unspecified atom stereocenters. The number of nitro benzene ring substituents is 1. The van der Waals surface area contributed by atoms with Crippen LogP contribution in [-0.4, -0.2) is 4.92 Å². The van der Waals surface area contributed by atoms with Crippen LogP contribution in [0.5, 0.6) is 0 Å². The van der Waals surface area contributed by atoms with Crippen LogP contribution in [0, 0.1) is 10.1 Å². The van der Waals surface area contributed by atoms with Crippen molar-refractivity contribution in [1.82, 2.24) is 0 Å². The average molecular weight is 575 g/mol. The van der Waals surface area contributed by atoms with E-state index in [2.05, 4.69) is 134 Å². The molecule has 6 aromatic carbocycles. The lowest BCUT2D eigenvalue weighted by Crippen LogP contribution is -2.31. The van der Waals surface area contributed by atoms with Crippen LogP contribution in [-0.2, 0) is 10.8 Å². The van der Waals surface area contributed by atoms with Gasteiger partial charge in [0.25, 0.3) is 5.69 Å². The first kappa shape index (κ1) is 28.6. The molecule has 216 valence electrons. The van der Waals surface area contributed by atoms with Gasteiger partial charge in [0.05, 0.1) is 4.92 Å². The Morgan fingerprint density at radius 3 is 1.18 bits per heavy atom. The standard InChI is InChI=1S/C40H34N2O2/c1-39(30-18-7-3-8-19-30,31-20-9-4-10-21-31)34-26-17-27-35(38(34)41-36-28-15-16-29-37(36)42(43)44)40(2,32-22-11-5-12-23-32)33-24-13-6-14-25-33/h3-29,41H,1-2H3. The maximum atomic E-state index is 12.2. The normalized spacial score (nSPS) is 11.6. The van der Waals surface area contributed by atoms with Crippen molar-refractivity contribution in [3.05, 3.63) is 207 Å². The molecule has 0 radical (unpaired) electrons. The number of hydrogen-bond acceptors (Lipinski definition) is 3. The molecule has 0 fully saturated rings. The van der Waals surface area contributed by atoms with E-state index < -0.39 is 10.8 Å². The van der Waals surface area contributed by atoms with Gasteiger partial charge in [0.1, 0.15) is 5.69 Å². The monoisotopic (exact) mass is 574 g/mol. The molecule has 0 saturated carbocycles. The van der Waals surface area contributed by atoms with Gasteiger partial charge < -0.3 is 5.32 Å². The van der Waals surface area contributed by atoms with Gasteiger partial charge in [0.2, 0.25) is 0 Å². The van der Waals surface area contributed by atoms with Crippen molar-refractivity contribution in [2.45, 2.75) is 24.7 Å². The predicted molar refractivity (Wildman–Crippen MR) is 180 cm³/mol. The molecule has 0 aliphatic heterocycles. The van der Waals surface area contributed by atoms with Crippen LogP contribution >= 0.6 is 0 Å². The zero-order chi connectivity index (χ0) is 30.6. The van der Waals surface area contributed by atoms with Gasteiger partial charge in [0.15, 0.2) is 0 Å². The molecule has 0 saturated heterocycles. The predicted octanol–water partition coefficient (Wildman–Crippen LogP) is 10.0. The van der Waals surface area contributed by atoms with Crippen LogP contribution in [0.2, 0.25) is 0 Å². The van der Waals surface area contributed by atoms with Gasteiger partial charge >= 0.3 is 0 Å². The van der Waals surface area contributed by atoms with Crippen molar-refractivity contribution in [1.29, 1.82) is 0 Å². The van der Waals surface area contributed by atoms with Crippen molar-refractivity contribution < 1.29 is 4.92 Å². The largest absolute Gasteiger partial charge is 0.349 e. The van der Waals surface area contributed by atoms with E-state index in [1.54, 1.807) is 18.2 Å². The Labute approximate surface area is 258 Å². The molecule has 0 bridgehead atoms. The van der Waals surface area contributed by atoms with Crippen molar-refractivity contribution >= 4 is 17.1 Å². The summed E-state index contributed by atoms with van der Waals surface area (Å²) < 4.78 is 0. The van der Waals surface area contributed by atoms with Crippen LogP contribution in [0.1, 0.15) is 47.2 Å². The molecule has 4 heteroatoms. The Morgan fingerprint density at radius 2 is 0.818 bits per heavy atom. The number of rotatable bonds is 9. The first-order chi connectivity index (χ1) is 21.4. The molecule has 0 spiro atoms. The minimum absolute atomic E-state index is 0.0236. The summed E-state index contributed by atoms with van der Waals surface area (Å²) in [6, 6.07) is 55.1. The first-order valence-electron chi connectivity index (χ1n) is 14.8. The van der Waals surface area contributed by atoms with Gasteiger partial charge in [0, 0.05) is 22.6 Å². The van der Waals surface area contributed by atoms with Crippen molar-refractivity contribution in [3.63, 3.8) is 0 Å². The molecule has 0 aliphatic rings. The summed E-state index contributed by atoms with van der Waals surface area (Å²) in [5, 5.41) is 15.9. The second-order valence-electron chi connectivity index (χ2n) is 11.3. The van der Waals surface area contributed by atoms with Crippen molar-refractivity contribution in [3.8, 4) is 0 Å². The topological polar surface area (TPSA) is 55.2 Å². The number of hydrogen-bond donors (Lipinski definition) is 1. The van der Waals surface area contributed by atoms with Gasteiger partial charge in [-0.15, -0.1) is 0 Å². The fraction of sp³-hybridized carbons (Fsp3) is 0.100. The zero-order valence-electron chi connectivity index (χ0n) is 24.9. The van der Waals surface area contributed by atoms with Crippen LogP contribution in [0.25, 0.3) is 0 Å². The van der Waals surface area contributed by atoms with Gasteiger partial charge in [-0.05, 0) is 53.3 Å².